The van der Waals surface area contributed by atoms with Crippen LogP contribution in [0, 0.1) is 0 Å². The first-order valence-electron chi connectivity index (χ1n) is 10.9. The number of halogens is 1. The van der Waals surface area contributed by atoms with Gasteiger partial charge in [0.2, 0.25) is 11.9 Å². The molecule has 2 aromatic rings. The second kappa shape index (κ2) is 9.46. The van der Waals surface area contributed by atoms with E-state index in [9.17, 15) is 14.0 Å². The van der Waals surface area contributed by atoms with E-state index in [1.807, 2.05) is 19.1 Å². The number of hydrogen-bond donors (Lipinski definition) is 1. The summed E-state index contributed by atoms with van der Waals surface area (Å²) in [4.78, 5) is 40.8. The van der Waals surface area contributed by atoms with Crippen molar-refractivity contribution in [2.75, 3.05) is 29.9 Å². The number of pyridine rings is 1. The van der Waals surface area contributed by atoms with Gasteiger partial charge in [0.25, 0.3) is 0 Å². The summed E-state index contributed by atoms with van der Waals surface area (Å²) in [6.07, 6.45) is 5.81. The van der Waals surface area contributed by atoms with Crippen molar-refractivity contribution in [2.45, 2.75) is 51.2 Å². The molecule has 10 heteroatoms. The van der Waals surface area contributed by atoms with E-state index in [-0.39, 0.29) is 25.5 Å². The molecule has 0 spiro atoms. The predicted molar refractivity (Wildman–Crippen MR) is 116 cm³/mol. The van der Waals surface area contributed by atoms with Crippen LogP contribution in [0.3, 0.4) is 0 Å². The van der Waals surface area contributed by atoms with Crippen LogP contribution < -0.4 is 15.0 Å². The number of alkyl halides is 1. The van der Waals surface area contributed by atoms with Gasteiger partial charge < -0.3 is 15.0 Å². The number of rotatable bonds is 9. The van der Waals surface area contributed by atoms with Crippen molar-refractivity contribution < 1.29 is 18.7 Å². The first kappa shape index (κ1) is 21.9. The second-order valence-electron chi connectivity index (χ2n) is 7.96. The number of aromatic nitrogens is 3. The molecule has 1 saturated heterocycles. The van der Waals surface area contributed by atoms with E-state index in [1.165, 1.54) is 22.2 Å². The Labute approximate surface area is 186 Å². The van der Waals surface area contributed by atoms with Crippen LogP contribution in [0.25, 0.3) is 0 Å². The van der Waals surface area contributed by atoms with Gasteiger partial charge in [-0.15, -0.1) is 0 Å². The fraction of sp³-hybridized carbons (Fsp3) is 0.500. The molecule has 2 fully saturated rings. The lowest BCUT2D eigenvalue weighted by atomic mass is 10.1. The smallest absolute Gasteiger partial charge is 0.327 e. The Kier molecular flexibility index (Phi) is 6.48. The minimum atomic E-state index is -1.28. The summed E-state index contributed by atoms with van der Waals surface area (Å²) in [5.41, 5.74) is 1.14. The van der Waals surface area contributed by atoms with E-state index in [1.54, 1.807) is 13.1 Å². The minimum Gasteiger partial charge on any atom is -0.491 e. The van der Waals surface area contributed by atoms with Gasteiger partial charge in [0.15, 0.2) is 5.75 Å². The van der Waals surface area contributed by atoms with Crippen LogP contribution in [0.1, 0.15) is 44.6 Å². The standard InChI is InChI=1S/C22H27FN6O3/c1-3-17(23)18-12-29(21-25-10-16(11-26-21)32-4-2)22(31)28(18)13-20(30)27-19-9-15(7-8-24-19)14-5-6-14/h7-11,14,17-18H,3-6,12-13H2,1-2H3,(H,24,27,30)/t17-,18+/m0/s1. The summed E-state index contributed by atoms with van der Waals surface area (Å²) < 4.78 is 20.0. The van der Waals surface area contributed by atoms with Gasteiger partial charge in [-0.25, -0.2) is 24.1 Å². The van der Waals surface area contributed by atoms with Crippen LogP contribution in [-0.2, 0) is 4.79 Å². The van der Waals surface area contributed by atoms with Crippen molar-refractivity contribution in [3.63, 3.8) is 0 Å². The zero-order valence-electron chi connectivity index (χ0n) is 18.2. The Morgan fingerprint density at radius 3 is 2.69 bits per heavy atom. The normalized spacial score (nSPS) is 19.2. The molecular weight excluding hydrogens is 415 g/mol. The van der Waals surface area contributed by atoms with Gasteiger partial charge in [-0.2, -0.15) is 0 Å². The Balaban J connectivity index is 1.47. The molecule has 2 aliphatic rings. The Hall–Kier alpha value is -3.30. The second-order valence-corrected chi connectivity index (χ2v) is 7.96. The molecule has 3 amide bonds. The highest BCUT2D eigenvalue weighted by Gasteiger charge is 2.43. The third-order valence-corrected chi connectivity index (χ3v) is 5.64. The molecule has 0 unspecified atom stereocenters. The Morgan fingerprint density at radius 2 is 2.03 bits per heavy atom. The molecule has 0 aromatic carbocycles. The van der Waals surface area contributed by atoms with Crippen molar-refractivity contribution >= 4 is 23.7 Å². The molecule has 4 rings (SSSR count). The van der Waals surface area contributed by atoms with Gasteiger partial charge in [0.05, 0.1) is 31.6 Å². The quantitative estimate of drug-likeness (QED) is 0.640. The maximum absolute atomic E-state index is 14.7. The number of nitrogens with zero attached hydrogens (tertiary/aromatic N) is 5. The van der Waals surface area contributed by atoms with Crippen LogP contribution in [0.4, 0.5) is 21.0 Å². The summed E-state index contributed by atoms with van der Waals surface area (Å²) in [5, 5.41) is 2.73. The number of amides is 3. The topological polar surface area (TPSA) is 101 Å². The fourth-order valence-electron chi connectivity index (χ4n) is 3.81. The van der Waals surface area contributed by atoms with Gasteiger partial charge in [0, 0.05) is 6.20 Å². The molecule has 170 valence electrons. The molecule has 1 aliphatic carbocycles. The highest BCUT2D eigenvalue weighted by molar-refractivity contribution is 5.98. The van der Waals surface area contributed by atoms with E-state index in [0.29, 0.717) is 24.1 Å². The van der Waals surface area contributed by atoms with E-state index in [0.717, 1.165) is 18.4 Å². The van der Waals surface area contributed by atoms with Gasteiger partial charge >= 0.3 is 6.03 Å². The number of ether oxygens (including phenoxy) is 1. The number of urea groups is 1. The van der Waals surface area contributed by atoms with Gasteiger partial charge in [-0.1, -0.05) is 6.92 Å². The lowest BCUT2D eigenvalue weighted by Gasteiger charge is -2.24. The molecule has 0 bridgehead atoms. The highest BCUT2D eigenvalue weighted by atomic mass is 19.1. The molecule has 2 atom stereocenters. The van der Waals surface area contributed by atoms with E-state index in [2.05, 4.69) is 20.3 Å². The number of hydrogen-bond acceptors (Lipinski definition) is 6. The van der Waals surface area contributed by atoms with Crippen LogP contribution in [0.15, 0.2) is 30.7 Å². The average molecular weight is 442 g/mol. The zero-order valence-corrected chi connectivity index (χ0v) is 18.2. The summed E-state index contributed by atoms with van der Waals surface area (Å²) in [6.45, 7) is 3.79. The molecule has 0 radical (unpaired) electrons. The molecule has 3 heterocycles. The monoisotopic (exact) mass is 442 g/mol. The SMILES string of the molecule is CCOc1cnc(N2C[C@H]([C@@H](F)CC)N(CC(=O)Nc3cc(C4CC4)ccn3)C2=O)nc1. The summed E-state index contributed by atoms with van der Waals surface area (Å²) in [7, 11) is 0. The Morgan fingerprint density at radius 1 is 1.28 bits per heavy atom. The first-order chi connectivity index (χ1) is 15.5. The maximum atomic E-state index is 14.7. The van der Waals surface area contributed by atoms with E-state index in [4.69, 9.17) is 4.74 Å². The summed E-state index contributed by atoms with van der Waals surface area (Å²) >= 11 is 0. The van der Waals surface area contributed by atoms with Crippen LogP contribution >= 0.6 is 0 Å². The molecular formula is C22H27FN6O3. The van der Waals surface area contributed by atoms with Crippen molar-refractivity contribution in [1.29, 1.82) is 0 Å². The fourth-order valence-corrected chi connectivity index (χ4v) is 3.81. The lowest BCUT2D eigenvalue weighted by molar-refractivity contribution is -0.117. The highest BCUT2D eigenvalue weighted by Crippen LogP contribution is 2.40. The van der Waals surface area contributed by atoms with Crippen LogP contribution in [-0.4, -0.2) is 63.7 Å². The first-order valence-corrected chi connectivity index (χ1v) is 10.9. The van der Waals surface area contributed by atoms with Crippen molar-refractivity contribution in [1.82, 2.24) is 19.9 Å². The number of anilines is 2. The van der Waals surface area contributed by atoms with Gasteiger partial charge in [-0.3, -0.25) is 9.69 Å². The van der Waals surface area contributed by atoms with Crippen molar-refractivity contribution in [3.05, 3.63) is 36.3 Å². The van der Waals surface area contributed by atoms with E-state index < -0.39 is 24.2 Å². The number of carbonyl (C=O) groups excluding carboxylic acids is 2. The molecule has 2 aromatic heterocycles. The van der Waals surface area contributed by atoms with Crippen molar-refractivity contribution in [2.24, 2.45) is 0 Å². The number of carbonyl (C=O) groups is 2. The molecule has 1 saturated carbocycles. The molecule has 1 aliphatic heterocycles. The van der Waals surface area contributed by atoms with Gasteiger partial charge in [-0.05, 0) is 49.8 Å². The van der Waals surface area contributed by atoms with Crippen molar-refractivity contribution in [3.8, 4) is 5.75 Å². The molecule has 32 heavy (non-hydrogen) atoms. The summed E-state index contributed by atoms with van der Waals surface area (Å²) in [5.74, 6) is 1.16. The number of nitrogens with one attached hydrogen (secondary N) is 1. The predicted octanol–water partition coefficient (Wildman–Crippen LogP) is 3.15. The van der Waals surface area contributed by atoms with Crippen LogP contribution in [0.2, 0.25) is 0 Å². The minimum absolute atomic E-state index is 0.0600. The van der Waals surface area contributed by atoms with Crippen LogP contribution in [0.5, 0.6) is 5.75 Å². The largest absolute Gasteiger partial charge is 0.491 e. The van der Waals surface area contributed by atoms with Gasteiger partial charge in [0.1, 0.15) is 18.5 Å². The molecule has 1 N–H and O–H groups in total. The van der Waals surface area contributed by atoms with E-state index >= 15 is 0 Å². The lowest BCUT2D eigenvalue weighted by Crippen LogP contribution is -2.44. The third-order valence-electron chi connectivity index (χ3n) is 5.64. The Bertz CT molecular complexity index is 968. The third kappa shape index (κ3) is 4.79. The average Bonchev–Trinajstić information content (AvgIpc) is 3.60. The molecule has 9 nitrogen and oxygen atoms in total. The summed E-state index contributed by atoms with van der Waals surface area (Å²) in [6, 6.07) is 2.50. The maximum Gasteiger partial charge on any atom is 0.327 e. The zero-order chi connectivity index (χ0) is 22.7.